The lowest BCUT2D eigenvalue weighted by Gasteiger charge is -2.27. The highest BCUT2D eigenvalue weighted by Crippen LogP contribution is 2.21. The van der Waals surface area contributed by atoms with Crippen molar-refractivity contribution in [2.24, 2.45) is 5.92 Å². The zero-order valence-electron chi connectivity index (χ0n) is 13.3. The number of nitriles is 1. The van der Waals surface area contributed by atoms with Crippen LogP contribution in [0.3, 0.4) is 0 Å². The molecule has 0 radical (unpaired) electrons. The molecule has 21 heavy (non-hydrogen) atoms. The van der Waals surface area contributed by atoms with E-state index in [4.69, 9.17) is 10.00 Å². The molecule has 1 rings (SSSR count). The number of amides is 1. The molecule has 4 nitrogen and oxygen atoms in total. The number of hydrogen-bond acceptors (Lipinski definition) is 3. The van der Waals surface area contributed by atoms with E-state index in [2.05, 4.69) is 6.07 Å². The SMILES string of the molecule is CCCC(C#N)C(=O)N(C)C(C)Cc1ccccc1OC. The first-order chi connectivity index (χ1) is 10.0. The molecule has 2 unspecified atom stereocenters. The minimum Gasteiger partial charge on any atom is -0.496 e. The van der Waals surface area contributed by atoms with Crippen molar-refractivity contribution in [2.75, 3.05) is 14.2 Å². The van der Waals surface area contributed by atoms with Crippen molar-refractivity contribution < 1.29 is 9.53 Å². The van der Waals surface area contributed by atoms with Gasteiger partial charge in [-0.1, -0.05) is 31.5 Å². The van der Waals surface area contributed by atoms with E-state index in [9.17, 15) is 4.79 Å². The van der Waals surface area contributed by atoms with Gasteiger partial charge in [-0.2, -0.15) is 5.26 Å². The van der Waals surface area contributed by atoms with E-state index >= 15 is 0 Å². The Morgan fingerprint density at radius 2 is 2.10 bits per heavy atom. The summed E-state index contributed by atoms with van der Waals surface area (Å²) in [6.45, 7) is 3.97. The molecule has 0 aliphatic rings. The lowest BCUT2D eigenvalue weighted by molar-refractivity contribution is -0.134. The number of benzene rings is 1. The summed E-state index contributed by atoms with van der Waals surface area (Å²) < 4.78 is 5.34. The van der Waals surface area contributed by atoms with Gasteiger partial charge in [-0.3, -0.25) is 4.79 Å². The number of hydrogen-bond donors (Lipinski definition) is 0. The number of carbonyl (C=O) groups excluding carboxylic acids is 1. The van der Waals surface area contributed by atoms with Crippen LogP contribution in [-0.4, -0.2) is 31.0 Å². The van der Waals surface area contributed by atoms with E-state index in [1.807, 2.05) is 38.1 Å². The number of ether oxygens (including phenoxy) is 1. The van der Waals surface area contributed by atoms with Crippen molar-refractivity contribution >= 4 is 5.91 Å². The van der Waals surface area contributed by atoms with Crippen LogP contribution in [-0.2, 0) is 11.2 Å². The summed E-state index contributed by atoms with van der Waals surface area (Å²) in [7, 11) is 3.41. The summed E-state index contributed by atoms with van der Waals surface area (Å²) in [6, 6.07) is 9.93. The van der Waals surface area contributed by atoms with Crippen LogP contribution < -0.4 is 4.74 Å². The number of carbonyl (C=O) groups is 1. The van der Waals surface area contributed by atoms with Gasteiger partial charge in [0, 0.05) is 13.1 Å². The van der Waals surface area contributed by atoms with Crippen molar-refractivity contribution in [2.45, 2.75) is 39.2 Å². The fourth-order valence-corrected chi connectivity index (χ4v) is 2.32. The maximum atomic E-state index is 12.3. The van der Waals surface area contributed by atoms with Crippen molar-refractivity contribution in [1.82, 2.24) is 4.90 Å². The topological polar surface area (TPSA) is 53.3 Å². The molecule has 114 valence electrons. The maximum absolute atomic E-state index is 12.3. The molecule has 4 heteroatoms. The van der Waals surface area contributed by atoms with E-state index in [0.29, 0.717) is 12.8 Å². The molecule has 2 atom stereocenters. The van der Waals surface area contributed by atoms with Crippen LogP contribution in [0, 0.1) is 17.2 Å². The second kappa shape index (κ2) is 8.31. The first-order valence-electron chi connectivity index (χ1n) is 7.33. The fraction of sp³-hybridized carbons (Fsp3) is 0.529. The third kappa shape index (κ3) is 4.49. The third-order valence-corrected chi connectivity index (χ3v) is 3.75. The Balaban J connectivity index is 2.76. The molecule has 0 aromatic heterocycles. The van der Waals surface area contributed by atoms with Gasteiger partial charge < -0.3 is 9.64 Å². The lowest BCUT2D eigenvalue weighted by atomic mass is 10.0. The molecular formula is C17H24N2O2. The minimum atomic E-state index is -0.542. The summed E-state index contributed by atoms with van der Waals surface area (Å²) >= 11 is 0. The largest absolute Gasteiger partial charge is 0.496 e. The van der Waals surface area contributed by atoms with Crippen molar-refractivity contribution in [3.8, 4) is 11.8 Å². The van der Waals surface area contributed by atoms with Gasteiger partial charge in [0.25, 0.3) is 0 Å². The molecule has 0 bridgehead atoms. The standard InChI is InChI=1S/C17H24N2O2/c1-5-8-15(12-18)17(20)19(3)13(2)11-14-9-6-7-10-16(14)21-4/h6-7,9-10,13,15H,5,8,11H2,1-4H3. The van der Waals surface area contributed by atoms with Crippen molar-refractivity contribution in [3.05, 3.63) is 29.8 Å². The molecule has 1 amide bonds. The van der Waals surface area contributed by atoms with Gasteiger partial charge in [-0.25, -0.2) is 0 Å². The fourth-order valence-electron chi connectivity index (χ4n) is 2.32. The van der Waals surface area contributed by atoms with E-state index in [0.717, 1.165) is 17.7 Å². The molecule has 0 N–H and O–H groups in total. The van der Waals surface area contributed by atoms with Gasteiger partial charge in [0.15, 0.2) is 0 Å². The van der Waals surface area contributed by atoms with Gasteiger partial charge in [-0.15, -0.1) is 0 Å². The number of para-hydroxylation sites is 1. The predicted octanol–water partition coefficient (Wildman–Crippen LogP) is 3.02. The summed E-state index contributed by atoms with van der Waals surface area (Å²) in [5.41, 5.74) is 1.07. The van der Waals surface area contributed by atoms with Crippen LogP contribution >= 0.6 is 0 Å². The summed E-state index contributed by atoms with van der Waals surface area (Å²) in [6.07, 6.45) is 2.15. The Morgan fingerprint density at radius 3 is 2.67 bits per heavy atom. The van der Waals surface area contributed by atoms with Crippen LogP contribution in [0.15, 0.2) is 24.3 Å². The van der Waals surface area contributed by atoms with Gasteiger partial charge in [0.05, 0.1) is 13.2 Å². The summed E-state index contributed by atoms with van der Waals surface area (Å²) in [4.78, 5) is 14.0. The molecule has 0 saturated heterocycles. The van der Waals surface area contributed by atoms with Crippen LogP contribution in [0.4, 0.5) is 0 Å². The highest BCUT2D eigenvalue weighted by Gasteiger charge is 2.24. The zero-order chi connectivity index (χ0) is 15.8. The number of nitrogens with zero attached hydrogens (tertiary/aromatic N) is 2. The highest BCUT2D eigenvalue weighted by atomic mass is 16.5. The van der Waals surface area contributed by atoms with Gasteiger partial charge in [0.1, 0.15) is 11.7 Å². The average molecular weight is 288 g/mol. The van der Waals surface area contributed by atoms with E-state index in [1.54, 1.807) is 19.1 Å². The molecule has 0 saturated carbocycles. The Hall–Kier alpha value is -2.02. The molecule has 0 heterocycles. The first-order valence-corrected chi connectivity index (χ1v) is 7.33. The zero-order valence-corrected chi connectivity index (χ0v) is 13.3. The van der Waals surface area contributed by atoms with Gasteiger partial charge in [-0.05, 0) is 31.4 Å². The Labute approximate surface area is 127 Å². The molecule has 1 aromatic rings. The molecule has 0 aliphatic heterocycles. The first kappa shape index (κ1) is 17.0. The number of rotatable bonds is 7. The minimum absolute atomic E-state index is 0.0153. The predicted molar refractivity (Wildman–Crippen MR) is 82.9 cm³/mol. The monoisotopic (exact) mass is 288 g/mol. The Bertz CT molecular complexity index is 508. The lowest BCUT2D eigenvalue weighted by Crippen LogP contribution is -2.40. The molecule has 0 fully saturated rings. The molecular weight excluding hydrogens is 264 g/mol. The second-order valence-electron chi connectivity index (χ2n) is 5.28. The Morgan fingerprint density at radius 1 is 1.43 bits per heavy atom. The Kier molecular flexibility index (Phi) is 6.74. The number of methoxy groups -OCH3 is 1. The average Bonchev–Trinajstić information content (AvgIpc) is 2.51. The molecule has 1 aromatic carbocycles. The van der Waals surface area contributed by atoms with E-state index in [-0.39, 0.29) is 11.9 Å². The third-order valence-electron chi connectivity index (χ3n) is 3.75. The second-order valence-corrected chi connectivity index (χ2v) is 5.28. The van der Waals surface area contributed by atoms with Crippen LogP contribution in [0.2, 0.25) is 0 Å². The van der Waals surface area contributed by atoms with Gasteiger partial charge >= 0.3 is 0 Å². The van der Waals surface area contributed by atoms with Gasteiger partial charge in [0.2, 0.25) is 5.91 Å². The summed E-state index contributed by atoms with van der Waals surface area (Å²) in [5, 5.41) is 9.11. The van der Waals surface area contributed by atoms with E-state index in [1.165, 1.54) is 0 Å². The maximum Gasteiger partial charge on any atom is 0.239 e. The quantitative estimate of drug-likeness (QED) is 0.775. The summed E-state index contributed by atoms with van der Waals surface area (Å²) in [5.74, 6) is 0.192. The van der Waals surface area contributed by atoms with Crippen LogP contribution in [0.1, 0.15) is 32.3 Å². The normalized spacial score (nSPS) is 13.1. The van der Waals surface area contributed by atoms with Crippen molar-refractivity contribution in [3.63, 3.8) is 0 Å². The van der Waals surface area contributed by atoms with Crippen molar-refractivity contribution in [1.29, 1.82) is 5.26 Å². The van der Waals surface area contributed by atoms with E-state index < -0.39 is 5.92 Å². The molecule has 0 spiro atoms. The number of likely N-dealkylation sites (N-methyl/N-ethyl adjacent to an activating group) is 1. The van der Waals surface area contributed by atoms with Crippen LogP contribution in [0.25, 0.3) is 0 Å². The van der Waals surface area contributed by atoms with Crippen LogP contribution in [0.5, 0.6) is 5.75 Å². The molecule has 0 aliphatic carbocycles. The smallest absolute Gasteiger partial charge is 0.239 e. The highest BCUT2D eigenvalue weighted by molar-refractivity contribution is 5.81.